The number of para-hydroxylation sites is 1. The van der Waals surface area contributed by atoms with Crippen LogP contribution in [0.1, 0.15) is 22.6 Å². The zero-order valence-corrected chi connectivity index (χ0v) is 17.2. The van der Waals surface area contributed by atoms with Gasteiger partial charge in [-0.1, -0.05) is 12.1 Å². The summed E-state index contributed by atoms with van der Waals surface area (Å²) in [5.41, 5.74) is 0.925. The second-order valence-corrected chi connectivity index (χ2v) is 7.07. The van der Waals surface area contributed by atoms with Gasteiger partial charge in [-0.25, -0.2) is 18.7 Å². The number of hydrogen-bond donors (Lipinski definition) is 0. The molecule has 0 bridgehead atoms. The van der Waals surface area contributed by atoms with E-state index in [1.165, 1.54) is 7.11 Å². The normalized spacial score (nSPS) is 14.2. The standard InChI is InChI=1S/C22H22F2N4O3/c1-30-14-7-8-16(18(13-14)31-2)22(29)28-11-9-27(10-12-28)21-15-5-3-4-6-17(15)25-20(26-21)19(23)24/h3-8,13,19H,9-12H2,1-2H3. The van der Waals surface area contributed by atoms with Gasteiger partial charge in [0.25, 0.3) is 12.3 Å². The molecule has 1 amide bonds. The van der Waals surface area contributed by atoms with Crippen molar-refractivity contribution in [3.05, 3.63) is 53.9 Å². The van der Waals surface area contributed by atoms with Crippen LogP contribution in [0.4, 0.5) is 14.6 Å². The Kier molecular flexibility index (Phi) is 5.83. The van der Waals surface area contributed by atoms with E-state index >= 15 is 0 Å². The lowest BCUT2D eigenvalue weighted by Crippen LogP contribution is -2.49. The summed E-state index contributed by atoms with van der Waals surface area (Å²) in [5, 5.41) is 0.712. The second kappa shape index (κ2) is 8.71. The maximum Gasteiger partial charge on any atom is 0.297 e. The van der Waals surface area contributed by atoms with Crippen molar-refractivity contribution in [2.24, 2.45) is 0 Å². The third-order valence-corrected chi connectivity index (χ3v) is 5.30. The van der Waals surface area contributed by atoms with Crippen molar-refractivity contribution in [1.29, 1.82) is 0 Å². The number of nitrogens with zero attached hydrogens (tertiary/aromatic N) is 4. The lowest BCUT2D eigenvalue weighted by Gasteiger charge is -2.36. The molecule has 162 valence electrons. The summed E-state index contributed by atoms with van der Waals surface area (Å²) < 4.78 is 37.1. The predicted molar refractivity (Wildman–Crippen MR) is 112 cm³/mol. The van der Waals surface area contributed by atoms with Crippen LogP contribution in [0, 0.1) is 0 Å². The Hall–Kier alpha value is -3.49. The SMILES string of the molecule is COc1ccc(C(=O)N2CCN(c3nc(C(F)F)nc4ccccc34)CC2)c(OC)c1. The Balaban J connectivity index is 1.55. The number of carbonyl (C=O) groups excluding carboxylic acids is 1. The van der Waals surface area contributed by atoms with Crippen molar-refractivity contribution in [3.63, 3.8) is 0 Å². The fraction of sp³-hybridized carbons (Fsp3) is 0.318. The Bertz CT molecular complexity index is 1100. The van der Waals surface area contributed by atoms with Gasteiger partial charge < -0.3 is 19.3 Å². The minimum atomic E-state index is -2.76. The minimum absolute atomic E-state index is 0.153. The van der Waals surface area contributed by atoms with Crippen molar-refractivity contribution in [3.8, 4) is 11.5 Å². The van der Waals surface area contributed by atoms with Gasteiger partial charge in [0, 0.05) is 37.6 Å². The highest BCUT2D eigenvalue weighted by Crippen LogP contribution is 2.29. The Morgan fingerprint density at radius 3 is 2.42 bits per heavy atom. The lowest BCUT2D eigenvalue weighted by molar-refractivity contribution is 0.0743. The van der Waals surface area contributed by atoms with Crippen LogP contribution in [0.15, 0.2) is 42.5 Å². The molecular formula is C22H22F2N4O3. The average molecular weight is 428 g/mol. The summed E-state index contributed by atoms with van der Waals surface area (Å²) in [5.74, 6) is 0.865. The number of aromatic nitrogens is 2. The monoisotopic (exact) mass is 428 g/mol. The van der Waals surface area contributed by atoms with Gasteiger partial charge in [0.2, 0.25) is 0 Å². The molecule has 9 heteroatoms. The molecule has 2 heterocycles. The molecule has 1 fully saturated rings. The largest absolute Gasteiger partial charge is 0.497 e. The van der Waals surface area contributed by atoms with E-state index in [0.717, 1.165) is 0 Å². The number of hydrogen-bond acceptors (Lipinski definition) is 6. The van der Waals surface area contributed by atoms with Gasteiger partial charge in [-0.05, 0) is 24.3 Å². The van der Waals surface area contributed by atoms with E-state index in [1.54, 1.807) is 42.3 Å². The molecule has 0 radical (unpaired) electrons. The van der Waals surface area contributed by atoms with Crippen molar-refractivity contribution >= 4 is 22.6 Å². The molecular weight excluding hydrogens is 406 g/mol. The molecule has 1 aromatic heterocycles. The number of anilines is 1. The summed E-state index contributed by atoms with van der Waals surface area (Å²) >= 11 is 0. The van der Waals surface area contributed by atoms with Crippen LogP contribution < -0.4 is 14.4 Å². The molecule has 0 N–H and O–H groups in total. The zero-order valence-electron chi connectivity index (χ0n) is 17.2. The first-order valence-electron chi connectivity index (χ1n) is 9.83. The maximum atomic E-state index is 13.3. The molecule has 1 saturated heterocycles. The van der Waals surface area contributed by atoms with Crippen LogP contribution in [0.3, 0.4) is 0 Å². The van der Waals surface area contributed by atoms with Crippen LogP contribution in [-0.2, 0) is 0 Å². The molecule has 0 unspecified atom stereocenters. The number of methoxy groups -OCH3 is 2. The number of piperazine rings is 1. The van der Waals surface area contributed by atoms with Gasteiger partial charge in [-0.15, -0.1) is 0 Å². The molecule has 2 aromatic carbocycles. The summed E-state index contributed by atoms with van der Waals surface area (Å²) in [4.78, 5) is 24.8. The molecule has 0 atom stereocenters. The van der Waals surface area contributed by atoms with Crippen LogP contribution in [-0.4, -0.2) is 61.2 Å². The zero-order chi connectivity index (χ0) is 22.0. The van der Waals surface area contributed by atoms with Gasteiger partial charge in [0.1, 0.15) is 17.3 Å². The van der Waals surface area contributed by atoms with Crippen LogP contribution >= 0.6 is 0 Å². The fourth-order valence-electron chi connectivity index (χ4n) is 3.68. The van der Waals surface area contributed by atoms with Crippen LogP contribution in [0.2, 0.25) is 0 Å². The van der Waals surface area contributed by atoms with E-state index in [-0.39, 0.29) is 5.91 Å². The number of carbonyl (C=O) groups is 1. The number of ether oxygens (including phenoxy) is 2. The average Bonchev–Trinajstić information content (AvgIpc) is 2.82. The third kappa shape index (κ3) is 4.08. The number of fused-ring (bicyclic) bond motifs is 1. The van der Waals surface area contributed by atoms with Gasteiger partial charge in [-0.3, -0.25) is 4.79 Å². The van der Waals surface area contributed by atoms with Crippen LogP contribution in [0.25, 0.3) is 10.9 Å². The number of benzene rings is 2. The number of rotatable bonds is 5. The molecule has 4 rings (SSSR count). The smallest absolute Gasteiger partial charge is 0.297 e. The van der Waals surface area contributed by atoms with Gasteiger partial charge in [0.05, 0.1) is 25.3 Å². The van der Waals surface area contributed by atoms with E-state index in [2.05, 4.69) is 9.97 Å². The minimum Gasteiger partial charge on any atom is -0.497 e. The van der Waals surface area contributed by atoms with E-state index in [9.17, 15) is 13.6 Å². The summed E-state index contributed by atoms with van der Waals surface area (Å²) in [6, 6.07) is 12.2. The first-order chi connectivity index (χ1) is 15.0. The van der Waals surface area contributed by atoms with Crippen LogP contribution in [0.5, 0.6) is 11.5 Å². The van der Waals surface area contributed by atoms with Gasteiger partial charge in [-0.2, -0.15) is 0 Å². The first-order valence-corrected chi connectivity index (χ1v) is 9.83. The molecule has 1 aliphatic heterocycles. The molecule has 3 aromatic rings. The van der Waals surface area contributed by atoms with E-state index in [1.807, 2.05) is 17.0 Å². The van der Waals surface area contributed by atoms with Crippen molar-refractivity contribution < 1.29 is 23.0 Å². The molecule has 7 nitrogen and oxygen atoms in total. The molecule has 0 saturated carbocycles. The third-order valence-electron chi connectivity index (χ3n) is 5.30. The highest BCUT2D eigenvalue weighted by atomic mass is 19.3. The Morgan fingerprint density at radius 2 is 1.74 bits per heavy atom. The summed E-state index contributed by atoms with van der Waals surface area (Å²) in [7, 11) is 3.05. The van der Waals surface area contributed by atoms with Crippen molar-refractivity contribution in [2.45, 2.75) is 6.43 Å². The highest BCUT2D eigenvalue weighted by Gasteiger charge is 2.27. The summed E-state index contributed by atoms with van der Waals surface area (Å²) in [6.45, 7) is 1.79. The van der Waals surface area contributed by atoms with Crippen molar-refractivity contribution in [2.75, 3.05) is 45.3 Å². The predicted octanol–water partition coefficient (Wildman–Crippen LogP) is 3.55. The Morgan fingerprint density at radius 1 is 1.00 bits per heavy atom. The first kappa shape index (κ1) is 20.8. The quantitative estimate of drug-likeness (QED) is 0.619. The van der Waals surface area contributed by atoms with Crippen molar-refractivity contribution in [1.82, 2.24) is 14.9 Å². The molecule has 0 spiro atoms. The van der Waals surface area contributed by atoms with E-state index in [4.69, 9.17) is 9.47 Å². The van der Waals surface area contributed by atoms with Gasteiger partial charge >= 0.3 is 0 Å². The Labute approximate surface area is 178 Å². The van der Waals surface area contributed by atoms with Gasteiger partial charge in [0.15, 0.2) is 5.82 Å². The number of halogens is 2. The van der Waals surface area contributed by atoms with E-state index in [0.29, 0.717) is 60.0 Å². The fourth-order valence-corrected chi connectivity index (χ4v) is 3.68. The topological polar surface area (TPSA) is 67.8 Å². The number of amides is 1. The second-order valence-electron chi connectivity index (χ2n) is 7.07. The molecule has 0 aliphatic carbocycles. The molecule has 1 aliphatic rings. The number of alkyl halides is 2. The highest BCUT2D eigenvalue weighted by molar-refractivity contribution is 5.97. The maximum absolute atomic E-state index is 13.3. The molecule has 31 heavy (non-hydrogen) atoms. The summed E-state index contributed by atoms with van der Waals surface area (Å²) in [6.07, 6.45) is -2.76. The lowest BCUT2D eigenvalue weighted by atomic mass is 10.1. The van der Waals surface area contributed by atoms with E-state index < -0.39 is 12.2 Å².